The van der Waals surface area contributed by atoms with Crippen molar-refractivity contribution in [2.75, 3.05) is 17.7 Å². The van der Waals surface area contributed by atoms with E-state index in [0.29, 0.717) is 22.4 Å². The Bertz CT molecular complexity index is 545. The second-order valence-electron chi connectivity index (χ2n) is 4.04. The topological polar surface area (TPSA) is 42.2 Å². The second kappa shape index (κ2) is 5.35. The molecular formula is C13H13BrFN3. The highest BCUT2D eigenvalue weighted by atomic mass is 79.9. The number of pyridine rings is 1. The number of nitrogen functional groups attached to an aromatic ring is 1. The number of aromatic nitrogens is 1. The third-order valence-electron chi connectivity index (χ3n) is 2.65. The summed E-state index contributed by atoms with van der Waals surface area (Å²) in [6.45, 7) is 0.647. The van der Waals surface area contributed by atoms with Crippen LogP contribution in [0.15, 0.2) is 41.1 Å². The van der Waals surface area contributed by atoms with Gasteiger partial charge in [0, 0.05) is 32.1 Å². The maximum atomic E-state index is 13.5. The summed E-state index contributed by atoms with van der Waals surface area (Å²) in [4.78, 5) is 5.86. The van der Waals surface area contributed by atoms with Crippen LogP contribution in [0.5, 0.6) is 0 Å². The Hall–Kier alpha value is -1.62. The third kappa shape index (κ3) is 2.79. The number of nitrogens with zero attached hydrogens (tertiary/aromatic N) is 2. The SMILES string of the molecule is CN(Cc1ccncc1)c1cc(F)c(Br)cc1N. The van der Waals surface area contributed by atoms with Crippen molar-refractivity contribution in [1.29, 1.82) is 0 Å². The Balaban J connectivity index is 2.24. The van der Waals surface area contributed by atoms with Gasteiger partial charge in [-0.1, -0.05) is 0 Å². The molecule has 0 saturated carbocycles. The zero-order chi connectivity index (χ0) is 13.1. The van der Waals surface area contributed by atoms with Gasteiger partial charge in [0.1, 0.15) is 5.82 Å². The van der Waals surface area contributed by atoms with E-state index in [0.717, 1.165) is 5.56 Å². The minimum Gasteiger partial charge on any atom is -0.397 e. The van der Waals surface area contributed by atoms with Gasteiger partial charge in [-0.2, -0.15) is 0 Å². The van der Waals surface area contributed by atoms with Crippen LogP contribution in [0.3, 0.4) is 0 Å². The summed E-state index contributed by atoms with van der Waals surface area (Å²) in [5.41, 5.74) is 8.20. The van der Waals surface area contributed by atoms with Crippen LogP contribution >= 0.6 is 15.9 Å². The van der Waals surface area contributed by atoms with E-state index in [1.807, 2.05) is 24.1 Å². The van der Waals surface area contributed by atoms with Crippen molar-refractivity contribution in [3.63, 3.8) is 0 Å². The molecule has 0 saturated heterocycles. The first-order valence-electron chi connectivity index (χ1n) is 5.42. The number of rotatable bonds is 3. The fourth-order valence-electron chi connectivity index (χ4n) is 1.73. The monoisotopic (exact) mass is 309 g/mol. The average Bonchev–Trinajstić information content (AvgIpc) is 2.35. The molecule has 0 spiro atoms. The molecule has 0 atom stereocenters. The molecule has 5 heteroatoms. The molecule has 0 bridgehead atoms. The summed E-state index contributed by atoms with van der Waals surface area (Å²) in [5, 5.41) is 0. The molecule has 1 aromatic carbocycles. The molecule has 2 N–H and O–H groups in total. The highest BCUT2D eigenvalue weighted by molar-refractivity contribution is 9.10. The first kappa shape index (κ1) is 12.8. The molecule has 0 aliphatic rings. The van der Waals surface area contributed by atoms with Crippen molar-refractivity contribution in [3.05, 3.63) is 52.5 Å². The first-order valence-corrected chi connectivity index (χ1v) is 6.22. The standard InChI is InChI=1S/C13H13BrFN3/c1-18(8-9-2-4-17-5-3-9)13-7-11(15)10(14)6-12(13)16/h2-7H,8,16H2,1H3. The van der Waals surface area contributed by atoms with Crippen LogP contribution < -0.4 is 10.6 Å². The lowest BCUT2D eigenvalue weighted by molar-refractivity contribution is 0.620. The number of hydrogen-bond donors (Lipinski definition) is 1. The number of nitrogens with two attached hydrogens (primary N) is 1. The van der Waals surface area contributed by atoms with E-state index in [-0.39, 0.29) is 5.82 Å². The van der Waals surface area contributed by atoms with Gasteiger partial charge in [-0.25, -0.2) is 4.39 Å². The molecule has 0 aliphatic heterocycles. The largest absolute Gasteiger partial charge is 0.397 e. The Labute approximate surface area is 114 Å². The third-order valence-corrected chi connectivity index (χ3v) is 3.26. The van der Waals surface area contributed by atoms with Crippen LogP contribution in [0.1, 0.15) is 5.56 Å². The summed E-state index contributed by atoms with van der Waals surface area (Å²) in [6.07, 6.45) is 3.46. The lowest BCUT2D eigenvalue weighted by Crippen LogP contribution is -2.18. The maximum absolute atomic E-state index is 13.5. The summed E-state index contributed by atoms with van der Waals surface area (Å²) < 4.78 is 13.9. The summed E-state index contributed by atoms with van der Waals surface area (Å²) in [7, 11) is 1.87. The van der Waals surface area contributed by atoms with Crippen molar-refractivity contribution in [2.24, 2.45) is 0 Å². The Morgan fingerprint density at radius 2 is 2.00 bits per heavy atom. The smallest absolute Gasteiger partial charge is 0.139 e. The van der Waals surface area contributed by atoms with Crippen LogP contribution in [0, 0.1) is 5.82 Å². The molecule has 1 heterocycles. The highest BCUT2D eigenvalue weighted by Crippen LogP contribution is 2.29. The molecule has 1 aromatic heterocycles. The molecule has 0 fully saturated rings. The van der Waals surface area contributed by atoms with Crippen molar-refractivity contribution in [1.82, 2.24) is 4.98 Å². The van der Waals surface area contributed by atoms with E-state index in [1.165, 1.54) is 6.07 Å². The predicted molar refractivity (Wildman–Crippen MR) is 74.9 cm³/mol. The second-order valence-corrected chi connectivity index (χ2v) is 4.89. The summed E-state index contributed by atoms with van der Waals surface area (Å²) >= 11 is 3.11. The molecular weight excluding hydrogens is 297 g/mol. The van der Waals surface area contributed by atoms with Crippen LogP contribution in [0.4, 0.5) is 15.8 Å². The molecule has 0 amide bonds. The van der Waals surface area contributed by atoms with Gasteiger partial charge in [0.2, 0.25) is 0 Å². The number of benzene rings is 1. The minimum absolute atomic E-state index is 0.319. The quantitative estimate of drug-likeness (QED) is 0.885. The van der Waals surface area contributed by atoms with Crippen molar-refractivity contribution in [2.45, 2.75) is 6.54 Å². The van der Waals surface area contributed by atoms with E-state index in [1.54, 1.807) is 18.5 Å². The maximum Gasteiger partial charge on any atom is 0.139 e. The van der Waals surface area contributed by atoms with Crippen LogP contribution in [-0.2, 0) is 6.54 Å². The van der Waals surface area contributed by atoms with Crippen LogP contribution in [-0.4, -0.2) is 12.0 Å². The lowest BCUT2D eigenvalue weighted by atomic mass is 10.2. The van der Waals surface area contributed by atoms with Gasteiger partial charge in [0.25, 0.3) is 0 Å². The molecule has 94 valence electrons. The molecule has 2 rings (SSSR count). The zero-order valence-electron chi connectivity index (χ0n) is 9.90. The average molecular weight is 310 g/mol. The van der Waals surface area contributed by atoms with Crippen LogP contribution in [0.2, 0.25) is 0 Å². The molecule has 2 aromatic rings. The molecule has 0 unspecified atom stereocenters. The molecule has 18 heavy (non-hydrogen) atoms. The Morgan fingerprint density at radius 1 is 1.33 bits per heavy atom. The molecule has 0 aliphatic carbocycles. The van der Waals surface area contributed by atoms with Gasteiger partial charge in [-0.3, -0.25) is 4.98 Å². The minimum atomic E-state index is -0.319. The van der Waals surface area contributed by atoms with Gasteiger partial charge < -0.3 is 10.6 Å². The van der Waals surface area contributed by atoms with Gasteiger partial charge in [0.05, 0.1) is 15.8 Å². The molecule has 0 radical (unpaired) electrons. The lowest BCUT2D eigenvalue weighted by Gasteiger charge is -2.21. The van der Waals surface area contributed by atoms with Gasteiger partial charge in [-0.15, -0.1) is 0 Å². The number of hydrogen-bond acceptors (Lipinski definition) is 3. The zero-order valence-corrected chi connectivity index (χ0v) is 11.5. The van der Waals surface area contributed by atoms with Crippen LogP contribution in [0.25, 0.3) is 0 Å². The Kier molecular flexibility index (Phi) is 3.81. The van der Waals surface area contributed by atoms with E-state index in [4.69, 9.17) is 5.73 Å². The van der Waals surface area contributed by atoms with Gasteiger partial charge in [0.15, 0.2) is 0 Å². The molecule has 3 nitrogen and oxygen atoms in total. The highest BCUT2D eigenvalue weighted by Gasteiger charge is 2.10. The van der Waals surface area contributed by atoms with Crippen molar-refractivity contribution < 1.29 is 4.39 Å². The number of anilines is 2. The first-order chi connectivity index (χ1) is 8.58. The van der Waals surface area contributed by atoms with Crippen molar-refractivity contribution >= 4 is 27.3 Å². The van der Waals surface area contributed by atoms with Crippen molar-refractivity contribution in [3.8, 4) is 0 Å². The fraction of sp³-hybridized carbons (Fsp3) is 0.154. The summed E-state index contributed by atoms with van der Waals surface area (Å²) in [5.74, 6) is -0.319. The van der Waals surface area contributed by atoms with Gasteiger partial charge >= 0.3 is 0 Å². The van der Waals surface area contributed by atoms with Gasteiger partial charge in [-0.05, 0) is 39.7 Å². The van der Waals surface area contributed by atoms with E-state index in [9.17, 15) is 4.39 Å². The normalized spacial score (nSPS) is 10.4. The Morgan fingerprint density at radius 3 is 2.67 bits per heavy atom. The van der Waals surface area contributed by atoms with E-state index in [2.05, 4.69) is 20.9 Å². The van der Waals surface area contributed by atoms with E-state index < -0.39 is 0 Å². The predicted octanol–water partition coefficient (Wildman–Crippen LogP) is 3.20. The summed E-state index contributed by atoms with van der Waals surface area (Å²) in [6, 6.07) is 6.85. The fourth-order valence-corrected chi connectivity index (χ4v) is 2.09. The van der Waals surface area contributed by atoms with E-state index >= 15 is 0 Å². The number of halogens is 2.